The normalized spacial score (nSPS) is 9.75. The molecule has 0 radical (unpaired) electrons. The fraction of sp³-hybridized carbons (Fsp3) is 0.0769. The van der Waals surface area contributed by atoms with Gasteiger partial charge in [0.05, 0.1) is 0 Å². The van der Waals surface area contributed by atoms with E-state index in [4.69, 9.17) is 6.42 Å². The summed E-state index contributed by atoms with van der Waals surface area (Å²) in [5, 5.41) is 0.455. The van der Waals surface area contributed by atoms with E-state index < -0.39 is 0 Å². The molecule has 0 aliphatic rings. The first-order valence-corrected chi connectivity index (χ1v) is 5.58. The molecule has 3 heteroatoms. The molecular weight excluding hydrogens is 218 g/mol. The zero-order valence-electron chi connectivity index (χ0n) is 8.73. The number of aromatic nitrogens is 1. The van der Waals surface area contributed by atoms with Crippen LogP contribution in [0.1, 0.15) is 25.9 Å². The minimum absolute atomic E-state index is 0.0739. The number of nitrogens with zero attached hydrogens (tertiary/aromatic N) is 1. The maximum Gasteiger partial charge on any atom is 0.221 e. The minimum Gasteiger partial charge on any atom is -0.286 e. The molecule has 2 nitrogen and oxygen atoms in total. The maximum absolute atomic E-state index is 12.0. The van der Waals surface area contributed by atoms with E-state index >= 15 is 0 Å². The summed E-state index contributed by atoms with van der Waals surface area (Å²) in [5.74, 6) is 2.40. The summed E-state index contributed by atoms with van der Waals surface area (Å²) in [4.78, 5) is 17.0. The molecule has 0 unspecified atom stereocenters. The van der Waals surface area contributed by atoms with Crippen LogP contribution in [0, 0.1) is 19.3 Å². The summed E-state index contributed by atoms with van der Waals surface area (Å²) in [6.45, 7) is 1.87. The number of aryl methyl sites for hydroxylation is 1. The first-order valence-electron chi connectivity index (χ1n) is 4.76. The van der Waals surface area contributed by atoms with Crippen molar-refractivity contribution in [3.63, 3.8) is 0 Å². The van der Waals surface area contributed by atoms with Gasteiger partial charge in [-0.2, -0.15) is 0 Å². The van der Waals surface area contributed by atoms with Crippen molar-refractivity contribution in [1.82, 2.24) is 4.98 Å². The highest BCUT2D eigenvalue weighted by molar-refractivity contribution is 7.13. The third kappa shape index (κ3) is 1.88. The van der Waals surface area contributed by atoms with Crippen LogP contribution in [0.15, 0.2) is 30.3 Å². The van der Waals surface area contributed by atoms with Crippen LogP contribution in [0.25, 0.3) is 0 Å². The molecule has 1 aromatic heterocycles. The van der Waals surface area contributed by atoms with E-state index in [0.29, 0.717) is 16.3 Å². The quantitative estimate of drug-likeness (QED) is 0.583. The SMILES string of the molecule is C#Cc1nc(C(=O)c2ccccc2)sc1C. The predicted molar refractivity (Wildman–Crippen MR) is 64.7 cm³/mol. The average molecular weight is 227 g/mol. The topological polar surface area (TPSA) is 30.0 Å². The Morgan fingerprint density at radius 1 is 1.38 bits per heavy atom. The summed E-state index contributed by atoms with van der Waals surface area (Å²) in [6.07, 6.45) is 5.29. The zero-order valence-corrected chi connectivity index (χ0v) is 9.54. The number of terminal acetylenes is 1. The van der Waals surface area contributed by atoms with Gasteiger partial charge in [0.25, 0.3) is 0 Å². The first-order chi connectivity index (χ1) is 7.72. The molecule has 0 saturated carbocycles. The standard InChI is InChI=1S/C13H9NOS/c1-3-11-9(2)16-13(14-11)12(15)10-7-5-4-6-8-10/h1,4-8H,2H3. The maximum atomic E-state index is 12.0. The van der Waals surface area contributed by atoms with Gasteiger partial charge in [-0.3, -0.25) is 4.79 Å². The lowest BCUT2D eigenvalue weighted by Crippen LogP contribution is -1.99. The number of carbonyl (C=O) groups excluding carboxylic acids is 1. The average Bonchev–Trinajstić information content (AvgIpc) is 2.71. The van der Waals surface area contributed by atoms with Crippen molar-refractivity contribution in [1.29, 1.82) is 0 Å². The van der Waals surface area contributed by atoms with Gasteiger partial charge in [0.1, 0.15) is 5.69 Å². The second-order valence-corrected chi connectivity index (χ2v) is 4.47. The molecular formula is C13H9NOS. The Balaban J connectivity index is 2.39. The van der Waals surface area contributed by atoms with Gasteiger partial charge in [-0.1, -0.05) is 30.3 Å². The summed E-state index contributed by atoms with van der Waals surface area (Å²) in [6, 6.07) is 9.07. The van der Waals surface area contributed by atoms with Crippen molar-refractivity contribution in [2.75, 3.05) is 0 Å². The fourth-order valence-electron chi connectivity index (χ4n) is 1.34. The van der Waals surface area contributed by atoms with E-state index in [-0.39, 0.29) is 5.78 Å². The van der Waals surface area contributed by atoms with Gasteiger partial charge < -0.3 is 0 Å². The monoisotopic (exact) mass is 227 g/mol. The molecule has 1 heterocycles. The predicted octanol–water partition coefficient (Wildman–Crippen LogP) is 2.66. The van der Waals surface area contributed by atoms with E-state index in [1.807, 2.05) is 25.1 Å². The highest BCUT2D eigenvalue weighted by atomic mass is 32.1. The number of carbonyl (C=O) groups is 1. The van der Waals surface area contributed by atoms with Crippen LogP contribution >= 0.6 is 11.3 Å². The highest BCUT2D eigenvalue weighted by Crippen LogP contribution is 2.19. The molecule has 2 aromatic rings. The molecule has 0 aliphatic heterocycles. The van der Waals surface area contributed by atoms with Crippen molar-refractivity contribution in [3.8, 4) is 12.3 Å². The Morgan fingerprint density at radius 2 is 2.06 bits per heavy atom. The van der Waals surface area contributed by atoms with E-state index in [9.17, 15) is 4.79 Å². The molecule has 78 valence electrons. The van der Waals surface area contributed by atoms with E-state index in [2.05, 4.69) is 10.9 Å². The van der Waals surface area contributed by atoms with Gasteiger partial charge in [-0.25, -0.2) is 4.98 Å². The lowest BCUT2D eigenvalue weighted by Gasteiger charge is -1.94. The molecule has 16 heavy (non-hydrogen) atoms. The van der Waals surface area contributed by atoms with Crippen LogP contribution in [0.5, 0.6) is 0 Å². The Morgan fingerprint density at radius 3 is 2.62 bits per heavy atom. The van der Waals surface area contributed by atoms with Gasteiger partial charge in [0.15, 0.2) is 5.01 Å². The second-order valence-electron chi connectivity index (χ2n) is 3.26. The van der Waals surface area contributed by atoms with Gasteiger partial charge in [-0.05, 0) is 12.8 Å². The third-order valence-electron chi connectivity index (χ3n) is 2.16. The van der Waals surface area contributed by atoms with Crippen LogP contribution in [0.4, 0.5) is 0 Å². The molecule has 0 fully saturated rings. The number of rotatable bonds is 2. The summed E-state index contributed by atoms with van der Waals surface area (Å²) in [5.41, 5.74) is 1.20. The van der Waals surface area contributed by atoms with E-state index in [0.717, 1.165) is 4.88 Å². The zero-order chi connectivity index (χ0) is 11.5. The minimum atomic E-state index is -0.0739. The van der Waals surface area contributed by atoms with Gasteiger partial charge in [0, 0.05) is 10.4 Å². The van der Waals surface area contributed by atoms with E-state index in [1.54, 1.807) is 12.1 Å². The molecule has 2 rings (SSSR count). The Labute approximate surface area is 98.0 Å². The number of thiazole rings is 1. The van der Waals surface area contributed by atoms with Crippen molar-refractivity contribution in [3.05, 3.63) is 51.5 Å². The summed E-state index contributed by atoms with van der Waals surface area (Å²) >= 11 is 1.34. The van der Waals surface area contributed by atoms with Crippen LogP contribution in [0.3, 0.4) is 0 Å². The molecule has 0 aliphatic carbocycles. The molecule has 0 saturated heterocycles. The number of hydrogen-bond acceptors (Lipinski definition) is 3. The molecule has 0 bridgehead atoms. The number of hydrogen-bond donors (Lipinski definition) is 0. The van der Waals surface area contributed by atoms with Crippen molar-refractivity contribution < 1.29 is 4.79 Å². The number of benzene rings is 1. The van der Waals surface area contributed by atoms with Crippen LogP contribution < -0.4 is 0 Å². The lowest BCUT2D eigenvalue weighted by molar-refractivity contribution is 0.103. The summed E-state index contributed by atoms with van der Waals surface area (Å²) in [7, 11) is 0. The fourth-order valence-corrected chi connectivity index (χ4v) is 2.18. The lowest BCUT2D eigenvalue weighted by atomic mass is 10.1. The Hall–Kier alpha value is -1.92. The smallest absolute Gasteiger partial charge is 0.221 e. The Kier molecular flexibility index (Phi) is 2.84. The van der Waals surface area contributed by atoms with Crippen LogP contribution in [-0.2, 0) is 0 Å². The summed E-state index contributed by atoms with van der Waals surface area (Å²) < 4.78 is 0. The molecule has 1 aromatic carbocycles. The third-order valence-corrected chi connectivity index (χ3v) is 3.13. The van der Waals surface area contributed by atoms with Gasteiger partial charge in [0.2, 0.25) is 5.78 Å². The first kappa shape index (κ1) is 10.6. The van der Waals surface area contributed by atoms with Gasteiger partial charge >= 0.3 is 0 Å². The number of ketones is 1. The van der Waals surface area contributed by atoms with Crippen molar-refractivity contribution >= 4 is 17.1 Å². The molecule has 0 atom stereocenters. The van der Waals surface area contributed by atoms with Crippen LogP contribution in [0.2, 0.25) is 0 Å². The Bertz CT molecular complexity index is 563. The van der Waals surface area contributed by atoms with Crippen LogP contribution in [-0.4, -0.2) is 10.8 Å². The van der Waals surface area contributed by atoms with Crippen molar-refractivity contribution in [2.45, 2.75) is 6.92 Å². The molecule has 0 amide bonds. The molecule has 0 spiro atoms. The van der Waals surface area contributed by atoms with Gasteiger partial charge in [-0.15, -0.1) is 17.8 Å². The molecule has 0 N–H and O–H groups in total. The highest BCUT2D eigenvalue weighted by Gasteiger charge is 2.14. The second kappa shape index (κ2) is 4.30. The largest absolute Gasteiger partial charge is 0.286 e. The van der Waals surface area contributed by atoms with E-state index in [1.165, 1.54) is 11.3 Å². The van der Waals surface area contributed by atoms with Crippen molar-refractivity contribution in [2.24, 2.45) is 0 Å².